The van der Waals surface area contributed by atoms with Gasteiger partial charge in [-0.3, -0.25) is 4.57 Å². The van der Waals surface area contributed by atoms with Crippen molar-refractivity contribution in [3.63, 3.8) is 0 Å². The number of piperidine rings is 2. The standard InChI is InChI=1S/C55H46N4S/c1-5-16-40(17-6-1)51-37-54(59-52-27-14-13-26-49(52)50-29-28-42(36-53(50)59)58-43-31-38-30-39(33-43)34-44(58)32-38)57-55(56-51)41-18-15-25-48(35-41)60(45-19-7-2-8-20-45,46-21-9-3-10-22-46)47-23-11-4-12-24-47/h1-29,35-39,43-44H,30-34H2. The van der Waals surface area contributed by atoms with Crippen LogP contribution in [0.15, 0.2) is 214 Å². The van der Waals surface area contributed by atoms with Gasteiger partial charge in [-0.05, 0) is 111 Å². The van der Waals surface area contributed by atoms with Crippen molar-refractivity contribution < 1.29 is 0 Å². The van der Waals surface area contributed by atoms with Crippen LogP contribution in [0.1, 0.15) is 32.1 Å². The summed E-state index contributed by atoms with van der Waals surface area (Å²) in [5, 5.41) is 2.49. The smallest absolute Gasteiger partial charge is 0.162 e. The zero-order chi connectivity index (χ0) is 39.6. The molecule has 7 aromatic carbocycles. The third-order valence-electron chi connectivity index (χ3n) is 13.6. The van der Waals surface area contributed by atoms with Gasteiger partial charge >= 0.3 is 0 Å². The number of anilines is 1. The average molecular weight is 795 g/mol. The van der Waals surface area contributed by atoms with Crippen LogP contribution in [0.2, 0.25) is 0 Å². The van der Waals surface area contributed by atoms with Gasteiger partial charge in [0, 0.05) is 65.3 Å². The molecule has 2 saturated heterocycles. The lowest BCUT2D eigenvalue weighted by molar-refractivity contribution is 0.0900. The lowest BCUT2D eigenvalue weighted by atomic mass is 9.63. The summed E-state index contributed by atoms with van der Waals surface area (Å²) < 4.78 is 2.40. The predicted molar refractivity (Wildman–Crippen MR) is 247 cm³/mol. The van der Waals surface area contributed by atoms with Gasteiger partial charge in [0.15, 0.2) is 5.82 Å². The van der Waals surface area contributed by atoms with Gasteiger partial charge in [-0.15, -0.1) is 10.0 Å². The average Bonchev–Trinajstić information content (AvgIpc) is 3.64. The fraction of sp³-hybridized carbons (Fsp3) is 0.164. The highest BCUT2D eigenvalue weighted by molar-refractivity contribution is 8.34. The second-order valence-electron chi connectivity index (χ2n) is 17.1. The van der Waals surface area contributed by atoms with Gasteiger partial charge in [0.25, 0.3) is 0 Å². The SMILES string of the molecule is c1ccc(-c2cc(-n3c4ccccc4c4ccc(N5C6CC7CC(C6)CC5C7)cc43)nc(-c3cccc(S(c4ccccc4)(c4ccccc4)c4ccccc4)c3)n2)cc1. The number of fused-ring (bicyclic) bond motifs is 3. The Labute approximate surface area is 353 Å². The Morgan fingerprint density at radius 2 is 0.950 bits per heavy atom. The van der Waals surface area contributed by atoms with E-state index in [2.05, 4.69) is 204 Å². The molecule has 0 N–H and O–H groups in total. The van der Waals surface area contributed by atoms with E-state index in [1.165, 1.54) is 73.7 Å². The minimum atomic E-state index is -1.90. The van der Waals surface area contributed by atoms with E-state index in [-0.39, 0.29) is 0 Å². The Morgan fingerprint density at radius 3 is 1.58 bits per heavy atom. The summed E-state index contributed by atoms with van der Waals surface area (Å²) in [5.41, 5.74) is 6.67. The van der Waals surface area contributed by atoms with E-state index in [1.807, 2.05) is 0 Å². The second-order valence-corrected chi connectivity index (χ2v) is 20.2. The Morgan fingerprint density at radius 1 is 0.417 bits per heavy atom. The molecule has 4 nitrogen and oxygen atoms in total. The normalized spacial score (nSPS) is 19.9. The lowest BCUT2D eigenvalue weighted by Crippen LogP contribution is -2.58. The summed E-state index contributed by atoms with van der Waals surface area (Å²) in [6.07, 6.45) is 6.80. The molecule has 4 heterocycles. The summed E-state index contributed by atoms with van der Waals surface area (Å²) >= 11 is 0. The van der Waals surface area contributed by atoms with Crippen molar-refractivity contribution in [3.05, 3.63) is 194 Å². The second kappa shape index (κ2) is 14.4. The third-order valence-corrected chi connectivity index (χ3v) is 17.5. The molecule has 4 bridgehead atoms. The molecule has 9 aromatic rings. The highest BCUT2D eigenvalue weighted by Gasteiger charge is 2.47. The van der Waals surface area contributed by atoms with E-state index in [4.69, 9.17) is 9.97 Å². The fourth-order valence-corrected chi connectivity index (χ4v) is 15.2. The molecule has 5 heteroatoms. The van der Waals surface area contributed by atoms with Crippen LogP contribution in [0.4, 0.5) is 5.69 Å². The summed E-state index contributed by atoms with van der Waals surface area (Å²) in [4.78, 5) is 18.9. The first kappa shape index (κ1) is 35.5. The van der Waals surface area contributed by atoms with Crippen LogP contribution in [0, 0.1) is 11.8 Å². The van der Waals surface area contributed by atoms with Gasteiger partial charge in [0.2, 0.25) is 0 Å². The summed E-state index contributed by atoms with van der Waals surface area (Å²) in [7, 11) is -1.90. The number of benzene rings is 7. The molecule has 0 radical (unpaired) electrons. The van der Waals surface area contributed by atoms with E-state index in [9.17, 15) is 0 Å². The first-order chi connectivity index (χ1) is 29.7. The number of aromatic nitrogens is 3. The van der Waals surface area contributed by atoms with Gasteiger partial charge in [-0.2, -0.15) is 0 Å². The molecule has 60 heavy (non-hydrogen) atoms. The van der Waals surface area contributed by atoms with Crippen LogP contribution in [0.3, 0.4) is 0 Å². The highest BCUT2D eigenvalue weighted by Crippen LogP contribution is 2.73. The first-order valence-electron chi connectivity index (χ1n) is 21.6. The molecule has 0 amide bonds. The zero-order valence-corrected chi connectivity index (χ0v) is 34.3. The van der Waals surface area contributed by atoms with Crippen LogP contribution in [-0.2, 0) is 0 Å². The van der Waals surface area contributed by atoms with Crippen LogP contribution in [0.25, 0.3) is 50.3 Å². The van der Waals surface area contributed by atoms with Crippen molar-refractivity contribution in [1.82, 2.24) is 14.5 Å². The number of rotatable bonds is 8. The van der Waals surface area contributed by atoms with Crippen LogP contribution < -0.4 is 4.90 Å². The molecule has 0 atom stereocenters. The molecule has 292 valence electrons. The maximum Gasteiger partial charge on any atom is 0.162 e. The van der Waals surface area contributed by atoms with Gasteiger partial charge in [-0.1, -0.05) is 121 Å². The number of para-hydroxylation sites is 1. The van der Waals surface area contributed by atoms with E-state index in [1.54, 1.807) is 0 Å². The third kappa shape index (κ3) is 5.74. The molecule has 2 aromatic heterocycles. The maximum absolute atomic E-state index is 5.58. The maximum atomic E-state index is 5.58. The molecular weight excluding hydrogens is 749 g/mol. The summed E-state index contributed by atoms with van der Waals surface area (Å²) in [6, 6.07) is 72.3. The van der Waals surface area contributed by atoms with Crippen molar-refractivity contribution in [3.8, 4) is 28.5 Å². The van der Waals surface area contributed by atoms with Crippen LogP contribution in [0.5, 0.6) is 0 Å². The Bertz CT molecular complexity index is 2870. The van der Waals surface area contributed by atoms with Crippen molar-refractivity contribution in [2.75, 3.05) is 4.90 Å². The largest absolute Gasteiger partial charge is 0.365 e. The quantitative estimate of drug-likeness (QED) is 0.154. The Kier molecular flexibility index (Phi) is 8.52. The monoisotopic (exact) mass is 794 g/mol. The molecule has 4 fully saturated rings. The molecular formula is C55H46N4S. The molecule has 0 unspecified atom stereocenters. The van der Waals surface area contributed by atoms with Gasteiger partial charge in [0.1, 0.15) is 5.82 Å². The van der Waals surface area contributed by atoms with Crippen LogP contribution in [-0.4, -0.2) is 26.6 Å². The topological polar surface area (TPSA) is 34.0 Å². The number of nitrogens with zero attached hydrogens (tertiary/aromatic N) is 4. The van der Waals surface area contributed by atoms with E-state index < -0.39 is 10.0 Å². The van der Waals surface area contributed by atoms with E-state index in [0.29, 0.717) is 17.9 Å². The summed E-state index contributed by atoms with van der Waals surface area (Å²) in [6.45, 7) is 0. The van der Waals surface area contributed by atoms with Crippen molar-refractivity contribution in [2.45, 2.75) is 63.8 Å². The molecule has 2 aliphatic carbocycles. The Balaban J connectivity index is 1.08. The molecule has 13 rings (SSSR count). The fourth-order valence-electron chi connectivity index (χ4n) is 11.3. The van der Waals surface area contributed by atoms with Crippen molar-refractivity contribution >= 4 is 37.5 Å². The lowest BCUT2D eigenvalue weighted by Gasteiger charge is -2.57. The minimum absolute atomic E-state index is 0.649. The van der Waals surface area contributed by atoms with Crippen molar-refractivity contribution in [1.29, 1.82) is 0 Å². The van der Waals surface area contributed by atoms with E-state index >= 15 is 0 Å². The summed E-state index contributed by atoms with van der Waals surface area (Å²) in [5.74, 6) is 3.41. The van der Waals surface area contributed by atoms with Crippen molar-refractivity contribution in [2.24, 2.45) is 11.8 Å². The van der Waals surface area contributed by atoms with E-state index in [0.717, 1.165) is 40.0 Å². The molecule has 4 aliphatic rings. The number of hydrogen-bond acceptors (Lipinski definition) is 3. The zero-order valence-electron chi connectivity index (χ0n) is 33.5. The Hall–Kier alpha value is -6.43. The minimum Gasteiger partial charge on any atom is -0.365 e. The molecule has 2 aliphatic heterocycles. The van der Waals surface area contributed by atoms with Gasteiger partial charge in [-0.25, -0.2) is 9.97 Å². The highest BCUT2D eigenvalue weighted by atomic mass is 32.3. The first-order valence-corrected chi connectivity index (χ1v) is 23.2. The predicted octanol–water partition coefficient (Wildman–Crippen LogP) is 14.0. The molecule has 2 saturated carbocycles. The van der Waals surface area contributed by atoms with Gasteiger partial charge in [0.05, 0.1) is 16.7 Å². The molecule has 0 spiro atoms. The van der Waals surface area contributed by atoms with Gasteiger partial charge < -0.3 is 4.90 Å². The number of hydrogen-bond donors (Lipinski definition) is 0. The van der Waals surface area contributed by atoms with Crippen LogP contribution >= 0.6 is 10.0 Å².